The van der Waals surface area contributed by atoms with E-state index < -0.39 is 0 Å². The SMILES string of the molecule is COC(=O)c1ccc(Nc2nc(N3CCCC3)nc(N3CCCC3)n2)cc1.Cl. The van der Waals surface area contributed by atoms with Crippen LogP contribution in [0.4, 0.5) is 23.5 Å². The number of aromatic nitrogens is 3. The molecule has 3 heterocycles. The molecule has 0 atom stereocenters. The third-order valence-electron chi connectivity index (χ3n) is 4.95. The van der Waals surface area contributed by atoms with Gasteiger partial charge in [-0.05, 0) is 49.9 Å². The predicted molar refractivity (Wildman–Crippen MR) is 111 cm³/mol. The fourth-order valence-corrected chi connectivity index (χ4v) is 3.46. The molecule has 8 nitrogen and oxygen atoms in total. The molecule has 0 spiro atoms. The first kappa shape index (κ1) is 20.1. The van der Waals surface area contributed by atoms with Crippen LogP contribution in [0.2, 0.25) is 0 Å². The lowest BCUT2D eigenvalue weighted by Gasteiger charge is -2.20. The van der Waals surface area contributed by atoms with Crippen molar-refractivity contribution in [2.45, 2.75) is 25.7 Å². The zero-order valence-electron chi connectivity index (χ0n) is 15.9. The molecule has 2 aliphatic rings. The summed E-state index contributed by atoms with van der Waals surface area (Å²) < 4.78 is 4.74. The monoisotopic (exact) mass is 404 g/mol. The van der Waals surface area contributed by atoms with Crippen molar-refractivity contribution < 1.29 is 9.53 Å². The fourth-order valence-electron chi connectivity index (χ4n) is 3.46. The third kappa shape index (κ3) is 4.44. The standard InChI is InChI=1S/C19H24N6O2.ClH/c1-27-16(26)14-6-8-15(9-7-14)20-17-21-18(24-10-2-3-11-24)23-19(22-17)25-12-4-5-13-25;/h6-9H,2-5,10-13H2,1H3,(H,20,21,22,23);1H. The summed E-state index contributed by atoms with van der Waals surface area (Å²) in [6.07, 6.45) is 4.68. The highest BCUT2D eigenvalue weighted by atomic mass is 35.5. The second-order valence-electron chi connectivity index (χ2n) is 6.84. The maximum atomic E-state index is 11.6. The first-order valence-electron chi connectivity index (χ1n) is 9.44. The second-order valence-corrected chi connectivity index (χ2v) is 6.84. The lowest BCUT2D eigenvalue weighted by Crippen LogP contribution is -2.25. The molecule has 2 aliphatic heterocycles. The summed E-state index contributed by atoms with van der Waals surface area (Å²) in [5.41, 5.74) is 1.32. The Bertz CT molecular complexity index is 770. The van der Waals surface area contributed by atoms with Crippen molar-refractivity contribution in [3.05, 3.63) is 29.8 Å². The highest BCUT2D eigenvalue weighted by molar-refractivity contribution is 5.89. The van der Waals surface area contributed by atoms with Crippen LogP contribution in [-0.4, -0.2) is 54.2 Å². The van der Waals surface area contributed by atoms with Crippen LogP contribution in [0, 0.1) is 0 Å². The maximum Gasteiger partial charge on any atom is 0.337 e. The molecule has 9 heteroatoms. The van der Waals surface area contributed by atoms with E-state index in [9.17, 15) is 4.79 Å². The van der Waals surface area contributed by atoms with E-state index >= 15 is 0 Å². The van der Waals surface area contributed by atoms with E-state index in [-0.39, 0.29) is 18.4 Å². The molecule has 0 radical (unpaired) electrons. The molecular formula is C19H25ClN6O2. The Labute approximate surface area is 170 Å². The highest BCUT2D eigenvalue weighted by Crippen LogP contribution is 2.24. The summed E-state index contributed by atoms with van der Waals surface area (Å²) in [4.78, 5) is 30.0. The van der Waals surface area contributed by atoms with Crippen LogP contribution in [-0.2, 0) is 4.74 Å². The largest absolute Gasteiger partial charge is 0.465 e. The molecule has 0 bridgehead atoms. The molecule has 1 aromatic heterocycles. The topological polar surface area (TPSA) is 83.5 Å². The molecule has 0 unspecified atom stereocenters. The molecule has 4 rings (SSSR count). The first-order valence-corrected chi connectivity index (χ1v) is 9.44. The molecule has 0 aliphatic carbocycles. The Morgan fingerprint density at radius 3 is 1.86 bits per heavy atom. The Hall–Kier alpha value is -2.61. The number of nitrogens with one attached hydrogen (secondary N) is 1. The number of carbonyl (C=O) groups excluding carboxylic acids is 1. The van der Waals surface area contributed by atoms with Gasteiger partial charge < -0.3 is 19.9 Å². The average Bonchev–Trinajstić information content (AvgIpc) is 3.41. The summed E-state index contributed by atoms with van der Waals surface area (Å²) >= 11 is 0. The second kappa shape index (κ2) is 9.05. The number of benzene rings is 1. The third-order valence-corrected chi connectivity index (χ3v) is 4.95. The van der Waals surface area contributed by atoms with Crippen molar-refractivity contribution in [1.82, 2.24) is 15.0 Å². The van der Waals surface area contributed by atoms with Crippen molar-refractivity contribution in [3.8, 4) is 0 Å². The maximum absolute atomic E-state index is 11.6. The number of anilines is 4. The van der Waals surface area contributed by atoms with Crippen LogP contribution < -0.4 is 15.1 Å². The molecule has 150 valence electrons. The van der Waals surface area contributed by atoms with Gasteiger partial charge in [-0.15, -0.1) is 12.4 Å². The molecule has 2 fully saturated rings. The number of methoxy groups -OCH3 is 1. The zero-order chi connectivity index (χ0) is 18.6. The molecule has 28 heavy (non-hydrogen) atoms. The van der Waals surface area contributed by atoms with E-state index in [2.05, 4.69) is 25.1 Å². The smallest absolute Gasteiger partial charge is 0.337 e. The minimum absolute atomic E-state index is 0. The molecule has 2 saturated heterocycles. The van der Waals surface area contributed by atoms with Crippen LogP contribution in [0.15, 0.2) is 24.3 Å². The van der Waals surface area contributed by atoms with E-state index in [1.54, 1.807) is 12.1 Å². The molecule has 1 N–H and O–H groups in total. The quantitative estimate of drug-likeness (QED) is 0.761. The van der Waals surface area contributed by atoms with Gasteiger partial charge in [0.1, 0.15) is 0 Å². The van der Waals surface area contributed by atoms with Gasteiger partial charge in [0.15, 0.2) is 0 Å². The van der Waals surface area contributed by atoms with Crippen molar-refractivity contribution in [2.75, 3.05) is 48.4 Å². The zero-order valence-corrected chi connectivity index (χ0v) is 16.7. The molecule has 2 aromatic rings. The number of carbonyl (C=O) groups is 1. The van der Waals surface area contributed by atoms with Crippen LogP contribution in [0.1, 0.15) is 36.0 Å². The minimum Gasteiger partial charge on any atom is -0.465 e. The van der Waals surface area contributed by atoms with Gasteiger partial charge in [0, 0.05) is 31.9 Å². The van der Waals surface area contributed by atoms with Gasteiger partial charge in [-0.25, -0.2) is 4.79 Å². The van der Waals surface area contributed by atoms with Gasteiger partial charge in [-0.2, -0.15) is 15.0 Å². The number of hydrogen-bond donors (Lipinski definition) is 1. The summed E-state index contributed by atoms with van der Waals surface area (Å²) in [6, 6.07) is 7.08. The van der Waals surface area contributed by atoms with Gasteiger partial charge in [0.05, 0.1) is 12.7 Å². The normalized spacial score (nSPS) is 16.0. The Morgan fingerprint density at radius 1 is 0.893 bits per heavy atom. The Balaban J connectivity index is 0.00000225. The van der Waals surface area contributed by atoms with E-state index in [0.29, 0.717) is 11.5 Å². The summed E-state index contributed by atoms with van der Waals surface area (Å²) in [5.74, 6) is 1.64. The lowest BCUT2D eigenvalue weighted by molar-refractivity contribution is 0.0601. The Kier molecular flexibility index (Phi) is 6.51. The van der Waals surface area contributed by atoms with E-state index in [1.165, 1.54) is 32.8 Å². The van der Waals surface area contributed by atoms with Crippen molar-refractivity contribution >= 4 is 41.9 Å². The lowest BCUT2D eigenvalue weighted by atomic mass is 10.2. The van der Waals surface area contributed by atoms with Crippen molar-refractivity contribution in [1.29, 1.82) is 0 Å². The number of nitrogens with zero attached hydrogens (tertiary/aromatic N) is 5. The van der Waals surface area contributed by atoms with Gasteiger partial charge in [-0.1, -0.05) is 0 Å². The van der Waals surface area contributed by atoms with Gasteiger partial charge in [0.2, 0.25) is 17.8 Å². The fraction of sp³-hybridized carbons (Fsp3) is 0.474. The number of esters is 1. The minimum atomic E-state index is -0.352. The van der Waals surface area contributed by atoms with Crippen LogP contribution >= 0.6 is 12.4 Å². The van der Waals surface area contributed by atoms with Crippen LogP contribution in [0.3, 0.4) is 0 Å². The number of ether oxygens (including phenoxy) is 1. The molecule has 1 aromatic carbocycles. The average molecular weight is 405 g/mol. The van der Waals surface area contributed by atoms with Crippen LogP contribution in [0.25, 0.3) is 0 Å². The number of halogens is 1. The van der Waals surface area contributed by atoms with Crippen molar-refractivity contribution in [3.63, 3.8) is 0 Å². The van der Waals surface area contributed by atoms with Gasteiger partial charge >= 0.3 is 5.97 Å². The van der Waals surface area contributed by atoms with Gasteiger partial charge in [-0.3, -0.25) is 0 Å². The number of hydrogen-bond acceptors (Lipinski definition) is 8. The molecule has 0 amide bonds. The summed E-state index contributed by atoms with van der Waals surface area (Å²) in [6.45, 7) is 3.93. The predicted octanol–water partition coefficient (Wildman–Crippen LogP) is 3.02. The first-order chi connectivity index (χ1) is 13.2. The summed E-state index contributed by atoms with van der Waals surface area (Å²) in [5, 5.41) is 3.25. The van der Waals surface area contributed by atoms with E-state index in [4.69, 9.17) is 9.72 Å². The Morgan fingerprint density at radius 2 is 1.39 bits per heavy atom. The highest BCUT2D eigenvalue weighted by Gasteiger charge is 2.21. The number of rotatable bonds is 5. The van der Waals surface area contributed by atoms with Gasteiger partial charge in [0.25, 0.3) is 0 Å². The van der Waals surface area contributed by atoms with E-state index in [1.807, 2.05) is 12.1 Å². The molecular weight excluding hydrogens is 380 g/mol. The van der Waals surface area contributed by atoms with Crippen LogP contribution in [0.5, 0.6) is 0 Å². The molecule has 0 saturated carbocycles. The summed E-state index contributed by atoms with van der Waals surface area (Å²) in [7, 11) is 1.37. The van der Waals surface area contributed by atoms with E-state index in [0.717, 1.165) is 43.8 Å². The van der Waals surface area contributed by atoms with Crippen molar-refractivity contribution in [2.24, 2.45) is 0 Å².